The summed E-state index contributed by atoms with van der Waals surface area (Å²) in [5, 5.41) is 2.76. The van der Waals surface area contributed by atoms with Crippen molar-refractivity contribution in [3.05, 3.63) is 65.0 Å². The van der Waals surface area contributed by atoms with Crippen LogP contribution < -0.4 is 16.6 Å². The Hall–Kier alpha value is -2.40. The van der Waals surface area contributed by atoms with E-state index < -0.39 is 5.82 Å². The third kappa shape index (κ3) is 2.95. The van der Waals surface area contributed by atoms with Gasteiger partial charge in [-0.05, 0) is 30.2 Å². The second-order valence-electron chi connectivity index (χ2n) is 4.42. The molecule has 0 heterocycles. The lowest BCUT2D eigenvalue weighted by molar-refractivity contribution is 0.0951. The number of carbonyl (C=O) groups is 1. The van der Waals surface area contributed by atoms with Crippen molar-refractivity contribution in [2.45, 2.75) is 13.5 Å². The molecule has 0 atom stereocenters. The molecule has 2 aromatic rings. The molecule has 0 saturated carbocycles. The summed E-state index contributed by atoms with van der Waals surface area (Å²) in [5.74, 6) is 4.32. The third-order valence-electron chi connectivity index (χ3n) is 3.10. The molecule has 4 N–H and O–H groups in total. The number of aryl methyl sites for hydroxylation is 1. The van der Waals surface area contributed by atoms with Gasteiger partial charge in [0.15, 0.2) is 0 Å². The number of benzene rings is 2. The molecule has 4 nitrogen and oxygen atoms in total. The molecule has 5 heteroatoms. The van der Waals surface area contributed by atoms with Crippen LogP contribution in [0.25, 0.3) is 0 Å². The van der Waals surface area contributed by atoms with E-state index in [1.54, 1.807) is 0 Å². The maximum absolute atomic E-state index is 13.5. The number of halogens is 1. The topological polar surface area (TPSA) is 67.2 Å². The van der Waals surface area contributed by atoms with Crippen molar-refractivity contribution in [3.63, 3.8) is 0 Å². The number of nitrogens with one attached hydrogen (secondary N) is 2. The van der Waals surface area contributed by atoms with Crippen LogP contribution in [0.2, 0.25) is 0 Å². The van der Waals surface area contributed by atoms with Crippen molar-refractivity contribution in [1.82, 2.24) is 5.32 Å². The van der Waals surface area contributed by atoms with Gasteiger partial charge in [0.25, 0.3) is 5.91 Å². The highest BCUT2D eigenvalue weighted by Crippen LogP contribution is 2.18. The van der Waals surface area contributed by atoms with Gasteiger partial charge < -0.3 is 10.7 Å². The van der Waals surface area contributed by atoms with Crippen LogP contribution in [0.15, 0.2) is 42.5 Å². The number of amides is 1. The highest BCUT2D eigenvalue weighted by molar-refractivity contribution is 5.99. The summed E-state index contributed by atoms with van der Waals surface area (Å²) in [6, 6.07) is 12.0. The van der Waals surface area contributed by atoms with Crippen LogP contribution in [0.1, 0.15) is 21.5 Å². The number of hydrogen-bond donors (Lipinski definition) is 3. The lowest BCUT2D eigenvalue weighted by atomic mass is 10.1. The zero-order valence-corrected chi connectivity index (χ0v) is 11.1. The Bertz CT molecular complexity index is 628. The van der Waals surface area contributed by atoms with Crippen molar-refractivity contribution in [1.29, 1.82) is 0 Å². The van der Waals surface area contributed by atoms with E-state index in [-0.39, 0.29) is 17.2 Å². The number of nitrogens with two attached hydrogens (primary N) is 1. The minimum Gasteiger partial charge on any atom is -0.348 e. The highest BCUT2D eigenvalue weighted by atomic mass is 19.1. The summed E-state index contributed by atoms with van der Waals surface area (Å²) >= 11 is 0. The van der Waals surface area contributed by atoms with Gasteiger partial charge in [-0.1, -0.05) is 30.3 Å². The van der Waals surface area contributed by atoms with Crippen molar-refractivity contribution in [3.8, 4) is 0 Å². The van der Waals surface area contributed by atoms with Gasteiger partial charge in [-0.2, -0.15) is 0 Å². The Morgan fingerprint density at radius 3 is 2.65 bits per heavy atom. The van der Waals surface area contributed by atoms with Crippen LogP contribution in [0.3, 0.4) is 0 Å². The summed E-state index contributed by atoms with van der Waals surface area (Å²) in [7, 11) is 0. The van der Waals surface area contributed by atoms with Crippen molar-refractivity contribution >= 4 is 11.6 Å². The van der Waals surface area contributed by atoms with E-state index in [9.17, 15) is 9.18 Å². The first-order valence-corrected chi connectivity index (χ1v) is 6.21. The lowest BCUT2D eigenvalue weighted by Gasteiger charge is -2.11. The molecule has 0 aliphatic heterocycles. The first-order chi connectivity index (χ1) is 9.63. The molecule has 1 amide bonds. The number of carbonyl (C=O) groups excluding carboxylic acids is 1. The molecule has 0 aliphatic carbocycles. The average Bonchev–Trinajstić information content (AvgIpc) is 2.46. The minimum absolute atomic E-state index is 0.00483. The molecule has 0 saturated heterocycles. The lowest BCUT2D eigenvalue weighted by Crippen LogP contribution is -2.25. The van der Waals surface area contributed by atoms with Crippen LogP contribution >= 0.6 is 0 Å². The van der Waals surface area contributed by atoms with Gasteiger partial charge >= 0.3 is 0 Å². The van der Waals surface area contributed by atoms with Gasteiger partial charge in [0, 0.05) is 6.54 Å². The monoisotopic (exact) mass is 273 g/mol. The molecule has 0 spiro atoms. The van der Waals surface area contributed by atoms with Crippen molar-refractivity contribution < 1.29 is 9.18 Å². The van der Waals surface area contributed by atoms with E-state index >= 15 is 0 Å². The molecule has 2 aromatic carbocycles. The SMILES string of the molecule is Cc1ccccc1CNC(=O)c1cccc(F)c1NN. The normalized spacial score (nSPS) is 10.2. The first kappa shape index (κ1) is 14.0. The molecular formula is C15H16FN3O. The molecule has 104 valence electrons. The largest absolute Gasteiger partial charge is 0.348 e. The number of rotatable bonds is 4. The molecular weight excluding hydrogens is 257 g/mol. The van der Waals surface area contributed by atoms with Crippen molar-refractivity contribution in [2.75, 3.05) is 5.43 Å². The van der Waals surface area contributed by atoms with Gasteiger partial charge in [0.2, 0.25) is 0 Å². The number of hydrogen-bond acceptors (Lipinski definition) is 3. The predicted molar refractivity (Wildman–Crippen MR) is 76.6 cm³/mol. The van der Waals surface area contributed by atoms with E-state index in [4.69, 9.17) is 5.84 Å². The second-order valence-corrected chi connectivity index (χ2v) is 4.42. The number of anilines is 1. The number of para-hydroxylation sites is 1. The Kier molecular flexibility index (Phi) is 4.32. The fourth-order valence-electron chi connectivity index (χ4n) is 1.94. The zero-order chi connectivity index (χ0) is 14.5. The van der Waals surface area contributed by atoms with Gasteiger partial charge in [-0.3, -0.25) is 10.6 Å². The van der Waals surface area contributed by atoms with Crippen LogP contribution in [-0.2, 0) is 6.54 Å². The van der Waals surface area contributed by atoms with Crippen LogP contribution in [0, 0.1) is 12.7 Å². The molecule has 0 aliphatic rings. The van der Waals surface area contributed by atoms with Crippen LogP contribution in [0.4, 0.5) is 10.1 Å². The summed E-state index contributed by atoms with van der Waals surface area (Å²) in [6.07, 6.45) is 0. The first-order valence-electron chi connectivity index (χ1n) is 6.21. The minimum atomic E-state index is -0.559. The zero-order valence-electron chi connectivity index (χ0n) is 11.1. The fraction of sp³-hybridized carbons (Fsp3) is 0.133. The molecule has 0 radical (unpaired) electrons. The Morgan fingerprint density at radius 2 is 1.95 bits per heavy atom. The second kappa shape index (κ2) is 6.16. The molecule has 0 aromatic heterocycles. The summed E-state index contributed by atoms with van der Waals surface area (Å²) in [6.45, 7) is 2.35. The summed E-state index contributed by atoms with van der Waals surface area (Å²) in [4.78, 5) is 12.1. The van der Waals surface area contributed by atoms with E-state index in [1.807, 2.05) is 31.2 Å². The molecule has 0 bridgehead atoms. The van der Waals surface area contributed by atoms with E-state index in [1.165, 1.54) is 18.2 Å². The smallest absolute Gasteiger partial charge is 0.253 e. The van der Waals surface area contributed by atoms with Crippen LogP contribution in [-0.4, -0.2) is 5.91 Å². The summed E-state index contributed by atoms with van der Waals surface area (Å²) in [5.41, 5.74) is 4.50. The molecule has 0 unspecified atom stereocenters. The number of hydrazine groups is 1. The molecule has 0 fully saturated rings. The van der Waals surface area contributed by atoms with Gasteiger partial charge in [-0.15, -0.1) is 0 Å². The van der Waals surface area contributed by atoms with E-state index in [0.717, 1.165) is 11.1 Å². The Morgan fingerprint density at radius 1 is 1.20 bits per heavy atom. The predicted octanol–water partition coefficient (Wildman–Crippen LogP) is 2.35. The molecule has 20 heavy (non-hydrogen) atoms. The number of nitrogen functional groups attached to an aromatic ring is 1. The standard InChI is InChI=1S/C15H16FN3O/c1-10-5-2-3-6-11(10)9-18-15(20)12-7-4-8-13(16)14(12)19-17/h2-8,19H,9,17H2,1H3,(H,18,20). The average molecular weight is 273 g/mol. The van der Waals surface area contributed by atoms with Gasteiger partial charge in [-0.25, -0.2) is 4.39 Å². The van der Waals surface area contributed by atoms with Gasteiger partial charge in [0.05, 0.1) is 11.3 Å². The van der Waals surface area contributed by atoms with Gasteiger partial charge in [0.1, 0.15) is 5.82 Å². The maximum atomic E-state index is 13.5. The third-order valence-corrected chi connectivity index (χ3v) is 3.10. The quantitative estimate of drug-likeness (QED) is 0.591. The van der Waals surface area contributed by atoms with E-state index in [2.05, 4.69) is 10.7 Å². The fourth-order valence-corrected chi connectivity index (χ4v) is 1.94. The van der Waals surface area contributed by atoms with E-state index in [0.29, 0.717) is 6.54 Å². The van der Waals surface area contributed by atoms with Crippen molar-refractivity contribution in [2.24, 2.45) is 5.84 Å². The maximum Gasteiger partial charge on any atom is 0.253 e. The molecule has 2 rings (SSSR count). The highest BCUT2D eigenvalue weighted by Gasteiger charge is 2.14. The summed E-state index contributed by atoms with van der Waals surface area (Å²) < 4.78 is 13.5. The Labute approximate surface area is 116 Å². The van der Waals surface area contributed by atoms with Crippen LogP contribution in [0.5, 0.6) is 0 Å². The Balaban J connectivity index is 2.14.